The first-order valence-electron chi connectivity index (χ1n) is 8.39. The van der Waals surface area contributed by atoms with Gasteiger partial charge in [0, 0.05) is 18.3 Å². The lowest BCUT2D eigenvalue weighted by atomic mass is 10.1. The van der Waals surface area contributed by atoms with Gasteiger partial charge in [0.25, 0.3) is 0 Å². The van der Waals surface area contributed by atoms with Crippen molar-refractivity contribution in [3.63, 3.8) is 0 Å². The van der Waals surface area contributed by atoms with Gasteiger partial charge in [0.05, 0.1) is 4.92 Å². The third-order valence-corrected chi connectivity index (χ3v) is 3.91. The zero-order valence-electron chi connectivity index (χ0n) is 14.5. The lowest BCUT2D eigenvalue weighted by Gasteiger charge is -2.10. The van der Waals surface area contributed by atoms with Crippen LogP contribution in [0.2, 0.25) is 0 Å². The molecule has 0 atom stereocenters. The molecule has 0 aliphatic rings. The van der Waals surface area contributed by atoms with Gasteiger partial charge in [-0.25, -0.2) is 4.98 Å². The standard InChI is InChI=1S/C20H20N4O2/c1-15-6-5-9-17(14-15)22-19-11-10-18(24(25)26)20(23-19)21-13-12-16-7-3-2-4-8-16/h2-11,14H,12-13H2,1H3,(H2,21,22,23). The van der Waals surface area contributed by atoms with Crippen molar-refractivity contribution in [1.29, 1.82) is 0 Å². The van der Waals surface area contributed by atoms with Gasteiger partial charge in [-0.3, -0.25) is 10.1 Å². The Morgan fingerprint density at radius 1 is 1.04 bits per heavy atom. The van der Waals surface area contributed by atoms with E-state index in [1.54, 1.807) is 6.07 Å². The van der Waals surface area contributed by atoms with E-state index in [1.807, 2.05) is 61.5 Å². The van der Waals surface area contributed by atoms with Crippen LogP contribution in [0.4, 0.5) is 23.0 Å². The molecular formula is C20H20N4O2. The smallest absolute Gasteiger partial charge is 0.311 e. The van der Waals surface area contributed by atoms with Crippen molar-refractivity contribution in [2.45, 2.75) is 13.3 Å². The summed E-state index contributed by atoms with van der Waals surface area (Å²) in [6.45, 7) is 2.57. The second-order valence-electron chi connectivity index (χ2n) is 5.98. The zero-order chi connectivity index (χ0) is 18.4. The molecule has 0 fully saturated rings. The second kappa shape index (κ2) is 8.11. The molecule has 6 nitrogen and oxygen atoms in total. The molecule has 0 aliphatic heterocycles. The number of hydrogen-bond acceptors (Lipinski definition) is 5. The summed E-state index contributed by atoms with van der Waals surface area (Å²) < 4.78 is 0. The fourth-order valence-corrected chi connectivity index (χ4v) is 2.64. The van der Waals surface area contributed by atoms with E-state index in [0.29, 0.717) is 12.4 Å². The molecular weight excluding hydrogens is 328 g/mol. The molecule has 1 heterocycles. The highest BCUT2D eigenvalue weighted by atomic mass is 16.6. The zero-order valence-corrected chi connectivity index (χ0v) is 14.5. The van der Waals surface area contributed by atoms with Gasteiger partial charge in [0.2, 0.25) is 5.82 Å². The van der Waals surface area contributed by atoms with E-state index in [9.17, 15) is 10.1 Å². The van der Waals surface area contributed by atoms with Crippen LogP contribution in [-0.4, -0.2) is 16.5 Å². The van der Waals surface area contributed by atoms with Crippen LogP contribution >= 0.6 is 0 Å². The first-order chi connectivity index (χ1) is 12.6. The second-order valence-corrected chi connectivity index (χ2v) is 5.98. The van der Waals surface area contributed by atoms with E-state index in [0.717, 1.165) is 23.2 Å². The molecule has 0 unspecified atom stereocenters. The Labute approximate surface area is 152 Å². The molecule has 0 bridgehead atoms. The van der Waals surface area contributed by atoms with Crippen molar-refractivity contribution < 1.29 is 4.92 Å². The van der Waals surface area contributed by atoms with Crippen LogP contribution in [0.25, 0.3) is 0 Å². The predicted molar refractivity (Wildman–Crippen MR) is 104 cm³/mol. The maximum absolute atomic E-state index is 11.3. The van der Waals surface area contributed by atoms with Crippen LogP contribution < -0.4 is 10.6 Å². The Bertz CT molecular complexity index is 897. The molecule has 0 aliphatic carbocycles. The number of nitro groups is 1. The van der Waals surface area contributed by atoms with Crippen LogP contribution in [0.5, 0.6) is 0 Å². The molecule has 0 saturated heterocycles. The summed E-state index contributed by atoms with van der Waals surface area (Å²) in [5, 5.41) is 17.5. The van der Waals surface area contributed by atoms with Gasteiger partial charge < -0.3 is 10.6 Å². The number of pyridine rings is 1. The van der Waals surface area contributed by atoms with Crippen LogP contribution in [0.3, 0.4) is 0 Å². The van der Waals surface area contributed by atoms with Crippen molar-refractivity contribution in [3.05, 3.63) is 88.0 Å². The summed E-state index contributed by atoms with van der Waals surface area (Å²) in [6.07, 6.45) is 0.759. The van der Waals surface area contributed by atoms with Crippen LogP contribution in [0.15, 0.2) is 66.7 Å². The third-order valence-electron chi connectivity index (χ3n) is 3.91. The van der Waals surface area contributed by atoms with Gasteiger partial charge in [0.15, 0.2) is 0 Å². The van der Waals surface area contributed by atoms with Gasteiger partial charge in [0.1, 0.15) is 5.82 Å². The number of nitrogens with zero attached hydrogens (tertiary/aromatic N) is 2. The minimum absolute atomic E-state index is 0.0344. The summed E-state index contributed by atoms with van der Waals surface area (Å²) in [4.78, 5) is 15.2. The SMILES string of the molecule is Cc1cccc(Nc2ccc([N+](=O)[O-])c(NCCc3ccccc3)n2)c1. The Kier molecular flexibility index (Phi) is 5.43. The van der Waals surface area contributed by atoms with E-state index in [2.05, 4.69) is 15.6 Å². The van der Waals surface area contributed by atoms with Gasteiger partial charge in [-0.15, -0.1) is 0 Å². The molecule has 1 aromatic heterocycles. The largest absolute Gasteiger partial charge is 0.364 e. The minimum atomic E-state index is -0.422. The topological polar surface area (TPSA) is 80.1 Å². The summed E-state index contributed by atoms with van der Waals surface area (Å²) >= 11 is 0. The number of anilines is 3. The van der Waals surface area contributed by atoms with E-state index in [4.69, 9.17) is 0 Å². The average Bonchev–Trinajstić information content (AvgIpc) is 2.63. The summed E-state index contributed by atoms with van der Waals surface area (Å²) in [5.41, 5.74) is 3.14. The van der Waals surface area contributed by atoms with E-state index in [-0.39, 0.29) is 11.5 Å². The molecule has 26 heavy (non-hydrogen) atoms. The number of aryl methyl sites for hydroxylation is 1. The van der Waals surface area contributed by atoms with E-state index < -0.39 is 4.92 Å². The minimum Gasteiger partial charge on any atom is -0.364 e. The summed E-state index contributed by atoms with van der Waals surface area (Å²) in [6, 6.07) is 20.9. The van der Waals surface area contributed by atoms with Crippen molar-refractivity contribution in [2.75, 3.05) is 17.2 Å². The Morgan fingerprint density at radius 2 is 1.85 bits per heavy atom. The van der Waals surface area contributed by atoms with Gasteiger partial charge in [-0.2, -0.15) is 0 Å². The Balaban J connectivity index is 1.74. The Hall–Kier alpha value is -3.41. The Morgan fingerprint density at radius 3 is 2.58 bits per heavy atom. The molecule has 3 aromatic rings. The third kappa shape index (κ3) is 4.57. The summed E-state index contributed by atoms with van der Waals surface area (Å²) in [7, 11) is 0. The van der Waals surface area contributed by atoms with Crippen LogP contribution in [0.1, 0.15) is 11.1 Å². The highest BCUT2D eigenvalue weighted by Crippen LogP contribution is 2.26. The lowest BCUT2D eigenvalue weighted by molar-refractivity contribution is -0.384. The van der Waals surface area contributed by atoms with Crippen LogP contribution in [0, 0.1) is 17.0 Å². The first-order valence-corrected chi connectivity index (χ1v) is 8.39. The first kappa shape index (κ1) is 17.4. The van der Waals surface area contributed by atoms with Crippen molar-refractivity contribution in [1.82, 2.24) is 4.98 Å². The van der Waals surface area contributed by atoms with Crippen molar-refractivity contribution in [2.24, 2.45) is 0 Å². The average molecular weight is 348 g/mol. The maximum atomic E-state index is 11.3. The van der Waals surface area contributed by atoms with Gasteiger partial charge in [-0.1, -0.05) is 42.5 Å². The molecule has 0 radical (unpaired) electrons. The number of hydrogen-bond donors (Lipinski definition) is 2. The number of benzene rings is 2. The fourth-order valence-electron chi connectivity index (χ4n) is 2.64. The molecule has 2 aromatic carbocycles. The highest BCUT2D eigenvalue weighted by molar-refractivity contribution is 5.64. The fraction of sp³-hybridized carbons (Fsp3) is 0.150. The van der Waals surface area contributed by atoms with Crippen molar-refractivity contribution >= 4 is 23.0 Å². The molecule has 0 saturated carbocycles. The number of aromatic nitrogens is 1. The highest BCUT2D eigenvalue weighted by Gasteiger charge is 2.15. The maximum Gasteiger partial charge on any atom is 0.311 e. The van der Waals surface area contributed by atoms with Crippen LogP contribution in [-0.2, 0) is 6.42 Å². The van der Waals surface area contributed by atoms with Gasteiger partial charge in [-0.05, 0) is 42.7 Å². The molecule has 3 rings (SSSR count). The molecule has 2 N–H and O–H groups in total. The van der Waals surface area contributed by atoms with Crippen molar-refractivity contribution in [3.8, 4) is 0 Å². The number of nitrogens with one attached hydrogen (secondary N) is 2. The quantitative estimate of drug-likeness (QED) is 0.478. The molecule has 6 heteroatoms. The lowest BCUT2D eigenvalue weighted by Crippen LogP contribution is -2.09. The molecule has 0 amide bonds. The van der Waals surface area contributed by atoms with E-state index >= 15 is 0 Å². The predicted octanol–water partition coefficient (Wildman–Crippen LogP) is 4.70. The normalized spacial score (nSPS) is 10.3. The van der Waals surface area contributed by atoms with E-state index in [1.165, 1.54) is 6.07 Å². The van der Waals surface area contributed by atoms with Gasteiger partial charge >= 0.3 is 5.69 Å². The monoisotopic (exact) mass is 348 g/mol. The molecule has 0 spiro atoms. The summed E-state index contributed by atoms with van der Waals surface area (Å²) in [5.74, 6) is 0.826. The molecule has 132 valence electrons. The number of rotatable bonds is 7.